The molecule has 35 heavy (non-hydrogen) atoms. The highest BCUT2D eigenvalue weighted by molar-refractivity contribution is 9.12. The first-order chi connectivity index (χ1) is 16.6. The van der Waals surface area contributed by atoms with Crippen LogP contribution in [0.3, 0.4) is 0 Å². The SMILES string of the molecule is COC1=C(Br)CC2(OC=C1Br)ON=C(C(=O)NCCCOc1c(Br)cc(C(O)CN)cc1Br)C2O. The van der Waals surface area contributed by atoms with Gasteiger partial charge in [0.1, 0.15) is 17.8 Å². The number of hydrogen-bond acceptors (Lipinski definition) is 9. The zero-order valence-electron chi connectivity index (χ0n) is 18.4. The number of oxime groups is 1. The van der Waals surface area contributed by atoms with E-state index in [0.717, 1.165) is 0 Å². The molecule has 5 N–H and O–H groups in total. The predicted molar refractivity (Wildman–Crippen MR) is 142 cm³/mol. The van der Waals surface area contributed by atoms with E-state index in [2.05, 4.69) is 74.2 Å². The number of halogens is 4. The van der Waals surface area contributed by atoms with Crippen molar-refractivity contribution in [2.45, 2.75) is 30.8 Å². The van der Waals surface area contributed by atoms with Crippen molar-refractivity contribution in [3.8, 4) is 5.75 Å². The predicted octanol–water partition coefficient (Wildman–Crippen LogP) is 3.44. The average molecular weight is 749 g/mol. The minimum Gasteiger partial charge on any atom is -0.495 e. The third-order valence-electron chi connectivity index (χ3n) is 5.12. The normalized spacial score (nSPS) is 22.6. The summed E-state index contributed by atoms with van der Waals surface area (Å²) >= 11 is 13.6. The molecular formula is C21H23Br4N3O7. The van der Waals surface area contributed by atoms with E-state index in [4.69, 9.17) is 24.8 Å². The van der Waals surface area contributed by atoms with Crippen molar-refractivity contribution in [3.05, 3.63) is 47.6 Å². The van der Waals surface area contributed by atoms with Gasteiger partial charge in [-0.25, -0.2) is 0 Å². The Bertz CT molecular complexity index is 1040. The van der Waals surface area contributed by atoms with Crippen LogP contribution in [0.4, 0.5) is 0 Å². The highest BCUT2D eigenvalue weighted by atomic mass is 79.9. The van der Waals surface area contributed by atoms with E-state index < -0.39 is 23.9 Å². The number of aliphatic hydroxyl groups is 2. The summed E-state index contributed by atoms with van der Waals surface area (Å²) in [7, 11) is 1.49. The van der Waals surface area contributed by atoms with Crippen molar-refractivity contribution in [1.82, 2.24) is 5.32 Å². The molecule has 10 nitrogen and oxygen atoms in total. The molecule has 3 rings (SSSR count). The molecule has 1 aromatic carbocycles. The van der Waals surface area contributed by atoms with Crippen molar-refractivity contribution in [2.75, 3.05) is 26.8 Å². The summed E-state index contributed by atoms with van der Waals surface area (Å²) < 4.78 is 19.1. The summed E-state index contributed by atoms with van der Waals surface area (Å²) in [6, 6.07) is 3.47. The minimum atomic E-state index is -1.60. The molecule has 0 bridgehead atoms. The van der Waals surface area contributed by atoms with E-state index in [0.29, 0.717) is 48.0 Å². The van der Waals surface area contributed by atoms with Gasteiger partial charge in [-0.05, 0) is 71.9 Å². The summed E-state index contributed by atoms with van der Waals surface area (Å²) in [6.07, 6.45) is -0.353. The summed E-state index contributed by atoms with van der Waals surface area (Å²) in [5.74, 6) is -1.15. The monoisotopic (exact) mass is 745 g/mol. The fraction of sp³-hybridized carbons (Fsp3) is 0.429. The number of carbonyl (C=O) groups excluding carboxylic acids is 1. The van der Waals surface area contributed by atoms with Gasteiger partial charge in [0.15, 0.2) is 11.8 Å². The van der Waals surface area contributed by atoms with Gasteiger partial charge < -0.3 is 40.3 Å². The van der Waals surface area contributed by atoms with Crippen LogP contribution in [0.5, 0.6) is 5.75 Å². The first kappa shape index (κ1) is 28.4. The second-order valence-electron chi connectivity index (χ2n) is 7.50. The molecule has 2 aliphatic heterocycles. The first-order valence-corrected chi connectivity index (χ1v) is 13.5. The van der Waals surface area contributed by atoms with Crippen LogP contribution in [-0.2, 0) is 19.1 Å². The maximum absolute atomic E-state index is 12.6. The van der Waals surface area contributed by atoms with E-state index >= 15 is 0 Å². The molecule has 14 heteroatoms. The summed E-state index contributed by atoms with van der Waals surface area (Å²) in [6.45, 7) is 0.666. The number of benzene rings is 1. The zero-order valence-corrected chi connectivity index (χ0v) is 24.7. The lowest BCUT2D eigenvalue weighted by Crippen LogP contribution is -2.49. The second kappa shape index (κ2) is 12.4. The number of hydrogen-bond donors (Lipinski definition) is 4. The number of carbonyl (C=O) groups is 1. The fourth-order valence-electron chi connectivity index (χ4n) is 3.28. The van der Waals surface area contributed by atoms with Crippen LogP contribution >= 0.6 is 63.7 Å². The molecule has 2 heterocycles. The number of ether oxygens (including phenoxy) is 3. The van der Waals surface area contributed by atoms with Crippen LogP contribution in [0, 0.1) is 0 Å². The van der Waals surface area contributed by atoms with Gasteiger partial charge in [-0.1, -0.05) is 21.1 Å². The molecule has 0 saturated heterocycles. The van der Waals surface area contributed by atoms with Crippen molar-refractivity contribution >= 4 is 75.3 Å². The van der Waals surface area contributed by atoms with Crippen LogP contribution in [0.15, 0.2) is 47.2 Å². The van der Waals surface area contributed by atoms with E-state index in [1.54, 1.807) is 12.1 Å². The maximum atomic E-state index is 12.6. The van der Waals surface area contributed by atoms with Gasteiger partial charge in [-0.3, -0.25) is 4.79 Å². The Hall–Kier alpha value is -1.16. The van der Waals surface area contributed by atoms with Crippen molar-refractivity contribution in [2.24, 2.45) is 10.9 Å². The fourth-order valence-corrected chi connectivity index (χ4v) is 6.26. The van der Waals surface area contributed by atoms with Gasteiger partial charge in [0.2, 0.25) is 0 Å². The number of amides is 1. The van der Waals surface area contributed by atoms with Gasteiger partial charge >= 0.3 is 5.79 Å². The number of nitrogens with zero attached hydrogens (tertiary/aromatic N) is 1. The van der Waals surface area contributed by atoms with Crippen LogP contribution < -0.4 is 15.8 Å². The van der Waals surface area contributed by atoms with Gasteiger partial charge in [0.05, 0.1) is 39.7 Å². The highest BCUT2D eigenvalue weighted by Gasteiger charge is 2.54. The molecule has 1 aromatic rings. The molecule has 3 unspecified atom stereocenters. The lowest BCUT2D eigenvalue weighted by atomic mass is 10.0. The lowest BCUT2D eigenvalue weighted by Gasteiger charge is -2.27. The largest absolute Gasteiger partial charge is 0.495 e. The maximum Gasteiger partial charge on any atom is 0.311 e. The Morgan fingerprint density at radius 3 is 2.66 bits per heavy atom. The van der Waals surface area contributed by atoms with Crippen molar-refractivity contribution in [3.63, 3.8) is 0 Å². The van der Waals surface area contributed by atoms with Gasteiger partial charge in [0.25, 0.3) is 5.91 Å². The van der Waals surface area contributed by atoms with E-state index in [-0.39, 0.29) is 25.2 Å². The lowest BCUT2D eigenvalue weighted by molar-refractivity contribution is -0.225. The average Bonchev–Trinajstić information content (AvgIpc) is 3.07. The summed E-state index contributed by atoms with van der Waals surface area (Å²) in [5.41, 5.74) is 5.96. The Kier molecular flexibility index (Phi) is 10.1. The zero-order chi connectivity index (χ0) is 25.8. The van der Waals surface area contributed by atoms with E-state index in [9.17, 15) is 15.0 Å². The number of nitrogens with two attached hydrogens (primary N) is 1. The molecule has 0 fully saturated rings. The van der Waals surface area contributed by atoms with Crippen LogP contribution in [0.25, 0.3) is 0 Å². The molecule has 0 saturated carbocycles. The number of nitrogens with one attached hydrogen (secondary N) is 1. The molecule has 0 aromatic heterocycles. The Labute approximate surface area is 235 Å². The van der Waals surface area contributed by atoms with Gasteiger partial charge in [-0.2, -0.15) is 0 Å². The quantitative estimate of drug-likeness (QED) is 0.282. The standard InChI is InChI=1S/C21H23Br4N3O7/c1-32-17-13(24)7-21(34-9-14(17)25)19(30)16(28-35-21)20(31)27-3-2-4-33-18-11(22)5-10(6-12(18)23)15(29)8-26/h5-6,9,15,19,29-30H,2-4,7-8,26H2,1H3,(H,27,31). The van der Waals surface area contributed by atoms with Crippen molar-refractivity contribution in [1.29, 1.82) is 0 Å². The molecular weight excluding hydrogens is 726 g/mol. The van der Waals surface area contributed by atoms with Gasteiger partial charge in [-0.15, -0.1) is 0 Å². The van der Waals surface area contributed by atoms with Crippen molar-refractivity contribution < 1.29 is 34.1 Å². The molecule has 3 atom stereocenters. The van der Waals surface area contributed by atoms with Crippen LogP contribution in [0.2, 0.25) is 0 Å². The number of rotatable bonds is 9. The molecule has 0 radical (unpaired) electrons. The molecule has 2 aliphatic rings. The molecule has 1 spiro atoms. The Morgan fingerprint density at radius 2 is 2.03 bits per heavy atom. The van der Waals surface area contributed by atoms with E-state index in [1.807, 2.05) is 0 Å². The number of methoxy groups -OCH3 is 1. The third kappa shape index (κ3) is 6.40. The summed E-state index contributed by atoms with van der Waals surface area (Å²) in [5, 5.41) is 27.2. The summed E-state index contributed by atoms with van der Waals surface area (Å²) in [4.78, 5) is 18.0. The van der Waals surface area contributed by atoms with Crippen LogP contribution in [-0.4, -0.2) is 60.5 Å². The van der Waals surface area contributed by atoms with Crippen LogP contribution in [0.1, 0.15) is 24.5 Å². The third-order valence-corrected chi connectivity index (χ3v) is 7.48. The minimum absolute atomic E-state index is 0.0575. The van der Waals surface area contributed by atoms with E-state index in [1.165, 1.54) is 13.4 Å². The number of allylic oxidation sites excluding steroid dienone is 1. The second-order valence-corrected chi connectivity index (χ2v) is 11.0. The number of aliphatic hydroxyl groups excluding tert-OH is 2. The highest BCUT2D eigenvalue weighted by Crippen LogP contribution is 2.41. The Morgan fingerprint density at radius 1 is 1.34 bits per heavy atom. The van der Waals surface area contributed by atoms with Gasteiger partial charge in [0, 0.05) is 17.6 Å². The Balaban J connectivity index is 1.51. The molecule has 192 valence electrons. The first-order valence-electron chi connectivity index (χ1n) is 10.3. The molecule has 1 amide bonds. The smallest absolute Gasteiger partial charge is 0.311 e. The molecule has 0 aliphatic carbocycles. The topological polar surface area (TPSA) is 145 Å².